The first kappa shape index (κ1) is 23.1. The molecule has 8 aromatic rings. The van der Waals surface area contributed by atoms with E-state index in [1.807, 2.05) is 60.7 Å². The van der Waals surface area contributed by atoms with Gasteiger partial charge in [0.2, 0.25) is 0 Å². The highest BCUT2D eigenvalue weighted by molar-refractivity contribution is 6.13. The number of nitrogens with zero attached hydrogens (tertiary/aromatic N) is 3. The molecule has 0 atom stereocenters. The average Bonchev–Trinajstić information content (AvgIpc) is 3.43. The van der Waals surface area contributed by atoms with E-state index in [0.29, 0.717) is 5.69 Å². The quantitative estimate of drug-likeness (QED) is 0.171. The van der Waals surface area contributed by atoms with Gasteiger partial charge in [-0.25, -0.2) is 14.8 Å². The molecular formula is C37H21N3O. The molecule has 0 spiro atoms. The van der Waals surface area contributed by atoms with Gasteiger partial charge in [-0.05, 0) is 53.6 Å². The van der Waals surface area contributed by atoms with Gasteiger partial charge in [0, 0.05) is 32.7 Å². The van der Waals surface area contributed by atoms with Crippen LogP contribution < -0.4 is 0 Å². The van der Waals surface area contributed by atoms with Gasteiger partial charge in [0.05, 0.1) is 29.0 Å². The summed E-state index contributed by atoms with van der Waals surface area (Å²) in [4.78, 5) is 13.8. The predicted molar refractivity (Wildman–Crippen MR) is 167 cm³/mol. The number of benzene rings is 5. The maximum absolute atomic E-state index is 7.45. The summed E-state index contributed by atoms with van der Waals surface area (Å²) in [6.07, 6.45) is 0. The Morgan fingerprint density at radius 1 is 0.537 bits per heavy atom. The second kappa shape index (κ2) is 9.15. The molecule has 0 amide bonds. The van der Waals surface area contributed by atoms with Crippen molar-refractivity contribution < 1.29 is 4.42 Å². The van der Waals surface area contributed by atoms with E-state index in [-0.39, 0.29) is 0 Å². The molecule has 3 aromatic heterocycles. The van der Waals surface area contributed by atoms with Crippen LogP contribution in [0.15, 0.2) is 132 Å². The number of fused-ring (bicyclic) bond motifs is 6. The minimum Gasteiger partial charge on any atom is -0.456 e. The Labute approximate surface area is 236 Å². The van der Waals surface area contributed by atoms with Crippen LogP contribution in [0.4, 0.5) is 5.69 Å². The Morgan fingerprint density at radius 3 is 1.98 bits per heavy atom. The minimum atomic E-state index is 0.615. The zero-order valence-electron chi connectivity index (χ0n) is 21.9. The van der Waals surface area contributed by atoms with Crippen LogP contribution >= 0.6 is 0 Å². The Balaban J connectivity index is 1.32. The second-order valence-electron chi connectivity index (χ2n) is 10.1. The molecule has 0 aliphatic heterocycles. The monoisotopic (exact) mass is 523 g/mol. The Kier molecular flexibility index (Phi) is 5.16. The molecule has 3 heterocycles. The number of hydrogen-bond donors (Lipinski definition) is 0. The third-order valence-electron chi connectivity index (χ3n) is 7.67. The zero-order valence-corrected chi connectivity index (χ0v) is 21.9. The van der Waals surface area contributed by atoms with E-state index in [1.165, 1.54) is 0 Å². The van der Waals surface area contributed by atoms with Gasteiger partial charge in [-0.2, -0.15) is 0 Å². The summed E-state index contributed by atoms with van der Waals surface area (Å²) in [6, 6.07) is 42.9. The molecule has 190 valence electrons. The zero-order chi connectivity index (χ0) is 27.3. The molecule has 0 fully saturated rings. The van der Waals surface area contributed by atoms with E-state index in [1.54, 1.807) is 0 Å². The fourth-order valence-corrected chi connectivity index (χ4v) is 5.67. The Hall–Kier alpha value is -5.79. The second-order valence-corrected chi connectivity index (χ2v) is 10.1. The first-order chi connectivity index (χ1) is 20.2. The van der Waals surface area contributed by atoms with E-state index < -0.39 is 0 Å². The number of rotatable bonds is 3. The van der Waals surface area contributed by atoms with Crippen LogP contribution in [0.2, 0.25) is 0 Å². The largest absolute Gasteiger partial charge is 0.456 e. The fourth-order valence-electron chi connectivity index (χ4n) is 5.67. The lowest BCUT2D eigenvalue weighted by Crippen LogP contribution is -1.91. The lowest BCUT2D eigenvalue weighted by molar-refractivity contribution is 0.669. The molecule has 0 saturated heterocycles. The van der Waals surface area contributed by atoms with Crippen molar-refractivity contribution in [2.24, 2.45) is 0 Å². The highest BCUT2D eigenvalue weighted by Crippen LogP contribution is 2.39. The summed E-state index contributed by atoms with van der Waals surface area (Å²) in [7, 11) is 0. The molecule has 0 N–H and O–H groups in total. The third-order valence-corrected chi connectivity index (χ3v) is 7.67. The Bertz CT molecular complexity index is 2330. The molecule has 41 heavy (non-hydrogen) atoms. The smallest absolute Gasteiger partial charge is 0.187 e. The molecule has 0 saturated carbocycles. The highest BCUT2D eigenvalue weighted by Gasteiger charge is 2.15. The summed E-state index contributed by atoms with van der Waals surface area (Å²) in [5.41, 5.74) is 9.95. The minimum absolute atomic E-state index is 0.615. The van der Waals surface area contributed by atoms with Crippen LogP contribution in [0.25, 0.3) is 82.2 Å². The van der Waals surface area contributed by atoms with Gasteiger partial charge in [0.1, 0.15) is 11.2 Å². The summed E-state index contributed by atoms with van der Waals surface area (Å²) in [6.45, 7) is 7.45. The average molecular weight is 524 g/mol. The maximum atomic E-state index is 7.45. The number of furan rings is 1. The molecule has 8 rings (SSSR count). The van der Waals surface area contributed by atoms with Gasteiger partial charge in [-0.15, -0.1) is 0 Å². The molecule has 4 nitrogen and oxygen atoms in total. The number of hydrogen-bond acceptors (Lipinski definition) is 3. The number of pyridine rings is 2. The molecule has 4 heteroatoms. The van der Waals surface area contributed by atoms with Crippen molar-refractivity contribution in [3.63, 3.8) is 0 Å². The molecular weight excluding hydrogens is 502 g/mol. The standard InChI is InChI=1S/C37H21N3O/c1-38-28-10-5-9-26(21-28)29-11-6-12-34-35(29)30-22-27(17-20-33(30)41-34)32-19-16-25-14-13-24-15-18-31(23-7-3-2-4-8-23)39-36(24)37(25)40-32/h2-22H. The number of aromatic nitrogens is 2. The van der Waals surface area contributed by atoms with Crippen molar-refractivity contribution >= 4 is 49.4 Å². The van der Waals surface area contributed by atoms with E-state index in [0.717, 1.165) is 77.4 Å². The van der Waals surface area contributed by atoms with Crippen LogP contribution in [0.3, 0.4) is 0 Å². The topological polar surface area (TPSA) is 43.3 Å². The Morgan fingerprint density at radius 2 is 1.22 bits per heavy atom. The summed E-state index contributed by atoms with van der Waals surface area (Å²) in [5, 5.41) is 4.16. The molecule has 0 radical (unpaired) electrons. The van der Waals surface area contributed by atoms with Crippen molar-refractivity contribution in [1.82, 2.24) is 9.97 Å². The van der Waals surface area contributed by atoms with Crippen LogP contribution in [0, 0.1) is 6.57 Å². The van der Waals surface area contributed by atoms with E-state index >= 15 is 0 Å². The third kappa shape index (κ3) is 3.83. The van der Waals surface area contributed by atoms with E-state index in [9.17, 15) is 0 Å². The van der Waals surface area contributed by atoms with E-state index in [4.69, 9.17) is 21.0 Å². The van der Waals surface area contributed by atoms with Crippen LogP contribution in [-0.2, 0) is 0 Å². The van der Waals surface area contributed by atoms with Crippen LogP contribution in [-0.4, -0.2) is 9.97 Å². The molecule has 5 aromatic carbocycles. The van der Waals surface area contributed by atoms with Crippen molar-refractivity contribution in [3.8, 4) is 33.6 Å². The van der Waals surface area contributed by atoms with Crippen LogP contribution in [0.5, 0.6) is 0 Å². The predicted octanol–water partition coefficient (Wildman–Crippen LogP) is 10.2. The van der Waals surface area contributed by atoms with Gasteiger partial charge in [0.25, 0.3) is 0 Å². The van der Waals surface area contributed by atoms with Crippen molar-refractivity contribution in [2.75, 3.05) is 0 Å². The lowest BCUT2D eigenvalue weighted by Gasteiger charge is -2.08. The van der Waals surface area contributed by atoms with Crippen LogP contribution in [0.1, 0.15) is 0 Å². The fraction of sp³-hybridized carbons (Fsp3) is 0. The molecule has 0 aliphatic rings. The maximum Gasteiger partial charge on any atom is 0.187 e. The van der Waals surface area contributed by atoms with Crippen molar-refractivity contribution in [3.05, 3.63) is 139 Å². The summed E-state index contributed by atoms with van der Waals surface area (Å²) < 4.78 is 6.25. The molecule has 0 aliphatic carbocycles. The first-order valence-corrected chi connectivity index (χ1v) is 13.4. The van der Waals surface area contributed by atoms with Gasteiger partial charge in [0.15, 0.2) is 5.69 Å². The highest BCUT2D eigenvalue weighted by atomic mass is 16.3. The normalized spacial score (nSPS) is 11.4. The van der Waals surface area contributed by atoms with Gasteiger partial charge < -0.3 is 4.42 Å². The SMILES string of the molecule is [C-]#[N+]c1cccc(-c2cccc3oc4ccc(-c5ccc6ccc7ccc(-c8ccccc8)nc7c6n5)cc4c23)c1. The molecule has 0 unspecified atom stereocenters. The van der Waals surface area contributed by atoms with Gasteiger partial charge >= 0.3 is 0 Å². The summed E-state index contributed by atoms with van der Waals surface area (Å²) in [5.74, 6) is 0. The van der Waals surface area contributed by atoms with Gasteiger partial charge in [-0.1, -0.05) is 84.9 Å². The van der Waals surface area contributed by atoms with E-state index in [2.05, 4.69) is 71.6 Å². The van der Waals surface area contributed by atoms with Gasteiger partial charge in [-0.3, -0.25) is 0 Å². The summed E-state index contributed by atoms with van der Waals surface area (Å²) >= 11 is 0. The first-order valence-electron chi connectivity index (χ1n) is 13.4. The van der Waals surface area contributed by atoms with Crippen molar-refractivity contribution in [2.45, 2.75) is 0 Å². The van der Waals surface area contributed by atoms with Crippen molar-refractivity contribution in [1.29, 1.82) is 0 Å². The molecule has 0 bridgehead atoms. The lowest BCUT2D eigenvalue weighted by atomic mass is 9.98.